The Morgan fingerprint density at radius 3 is 1.57 bits per heavy atom. The number of hydrogen-bond acceptors (Lipinski definition) is 0. The van der Waals surface area contributed by atoms with Crippen LogP contribution in [0.4, 0.5) is 0 Å². The predicted octanol–water partition coefficient (Wildman–Crippen LogP) is 13.3. The van der Waals surface area contributed by atoms with Crippen molar-refractivity contribution in [2.24, 2.45) is 0 Å². The van der Waals surface area contributed by atoms with Crippen LogP contribution in [-0.4, -0.2) is 17.2 Å². The predicted molar refractivity (Wildman–Crippen MR) is 279 cm³/mol. The molecule has 0 atom stereocenters. The Morgan fingerprint density at radius 1 is 0.354 bits per heavy atom. The van der Waals surface area contributed by atoms with Crippen molar-refractivity contribution in [1.82, 2.24) is 9.13 Å². The fourth-order valence-electron chi connectivity index (χ4n) is 11.6. The molecule has 0 radical (unpaired) electrons. The van der Waals surface area contributed by atoms with Crippen LogP contribution in [0.25, 0.3) is 66.1 Å². The Balaban J connectivity index is 1.10. The van der Waals surface area contributed by atoms with E-state index in [1.54, 1.807) is 0 Å². The Kier molecular flexibility index (Phi) is 9.05. The van der Waals surface area contributed by atoms with Gasteiger partial charge < -0.3 is 9.13 Å². The first-order chi connectivity index (χ1) is 31.7. The molecule has 1 aliphatic rings. The fourth-order valence-corrected chi connectivity index (χ4v) is 16.4. The van der Waals surface area contributed by atoms with Crippen LogP contribution < -0.4 is 20.7 Å². The second-order valence-electron chi connectivity index (χ2n) is 19.5. The third-order valence-corrected chi connectivity index (χ3v) is 19.7. The summed E-state index contributed by atoms with van der Waals surface area (Å²) in [5.74, 6) is 0. The Bertz CT molecular complexity index is 3550. The third kappa shape index (κ3) is 6.06. The molecule has 11 aromatic rings. The lowest BCUT2D eigenvalue weighted by Crippen LogP contribution is -2.75. The van der Waals surface area contributed by atoms with Crippen LogP contribution in [0.1, 0.15) is 51.7 Å². The maximum atomic E-state index is 2.63. The van der Waals surface area contributed by atoms with Crippen LogP contribution in [0.5, 0.6) is 0 Å². The van der Waals surface area contributed by atoms with Gasteiger partial charge in [0.15, 0.2) is 8.07 Å². The molecule has 0 spiro atoms. The summed E-state index contributed by atoms with van der Waals surface area (Å²) in [5, 5.41) is 10.6. The van der Waals surface area contributed by atoms with Crippen LogP contribution in [0.2, 0.25) is 0 Å². The van der Waals surface area contributed by atoms with Gasteiger partial charge in [-0.3, -0.25) is 0 Å². The van der Waals surface area contributed by atoms with E-state index < -0.39 is 8.07 Å². The van der Waals surface area contributed by atoms with Gasteiger partial charge in [-0.15, -0.1) is 0 Å². The summed E-state index contributed by atoms with van der Waals surface area (Å²) in [6.45, 7) is 9.78. The van der Waals surface area contributed by atoms with E-state index in [0.29, 0.717) is 0 Å². The quantitative estimate of drug-likeness (QED) is 0.112. The molecule has 1 aliphatic carbocycles. The highest BCUT2D eigenvalue weighted by atomic mass is 28.3. The molecule has 2 aromatic heterocycles. The van der Waals surface area contributed by atoms with E-state index in [9.17, 15) is 0 Å². The van der Waals surface area contributed by atoms with Crippen LogP contribution >= 0.6 is 0 Å². The zero-order valence-electron chi connectivity index (χ0n) is 37.6. The zero-order valence-corrected chi connectivity index (χ0v) is 38.6. The van der Waals surface area contributed by atoms with Crippen LogP contribution in [0.15, 0.2) is 218 Å². The Morgan fingerprint density at radius 2 is 0.862 bits per heavy atom. The molecule has 0 fully saturated rings. The molecule has 0 unspecified atom stereocenters. The molecule has 0 saturated carbocycles. The highest BCUT2D eigenvalue weighted by Gasteiger charge is 2.44. The number of rotatable bonds is 7. The Hall–Kier alpha value is -7.20. The monoisotopic (exact) mass is 852 g/mol. The summed E-state index contributed by atoms with van der Waals surface area (Å²) < 4.78 is 4.94. The molecular formula is C62H52N2Si. The molecule has 314 valence electrons. The van der Waals surface area contributed by atoms with Crippen molar-refractivity contribution < 1.29 is 0 Å². The molecule has 2 nitrogen and oxygen atoms in total. The standard InChI is InChI=1S/C62H52N2Si/c1-61(2)38-39-62(3,4)55-42-49(35-37-54(55)61)65(46-23-10-6-11-24-46,47-25-12-7-13-26-47)48-27-18-22-45(41-48)64-57-32-17-15-29-53(57)60-50(30-19-33-58(60)64)43-34-36-52-51-28-14-16-31-56(51)63(59(52)40-43)44-20-8-5-9-21-44/h5-37,40-42H,38-39H2,1-4H3. The number of aromatic nitrogens is 2. The van der Waals surface area contributed by atoms with E-state index in [2.05, 4.69) is 255 Å². The van der Waals surface area contributed by atoms with Crippen LogP contribution in [-0.2, 0) is 10.8 Å². The second kappa shape index (κ2) is 14.9. The molecule has 2 heterocycles. The largest absolute Gasteiger partial charge is 0.309 e. The van der Waals surface area contributed by atoms with Crippen molar-refractivity contribution >= 4 is 72.4 Å². The van der Waals surface area contributed by atoms with Crippen LogP contribution in [0.3, 0.4) is 0 Å². The van der Waals surface area contributed by atoms with Gasteiger partial charge in [0.05, 0.1) is 22.1 Å². The first-order valence-corrected chi connectivity index (χ1v) is 25.2. The van der Waals surface area contributed by atoms with E-state index >= 15 is 0 Å². The smallest absolute Gasteiger partial charge is 0.179 e. The van der Waals surface area contributed by atoms with Gasteiger partial charge in [0.2, 0.25) is 0 Å². The number of nitrogens with zero attached hydrogens (tertiary/aromatic N) is 2. The van der Waals surface area contributed by atoms with Gasteiger partial charge in [-0.25, -0.2) is 0 Å². The lowest BCUT2D eigenvalue weighted by atomic mass is 9.63. The summed E-state index contributed by atoms with van der Waals surface area (Å²) in [4.78, 5) is 0. The maximum absolute atomic E-state index is 2.90. The van der Waals surface area contributed by atoms with Crippen molar-refractivity contribution in [3.8, 4) is 22.5 Å². The molecule has 0 amide bonds. The van der Waals surface area contributed by atoms with E-state index in [-0.39, 0.29) is 10.8 Å². The molecule has 0 saturated heterocycles. The van der Waals surface area contributed by atoms with E-state index in [1.807, 2.05) is 0 Å². The average molecular weight is 853 g/mol. The van der Waals surface area contributed by atoms with E-state index in [0.717, 1.165) is 0 Å². The number of fused-ring (bicyclic) bond motifs is 7. The molecule has 0 aliphatic heterocycles. The summed E-state index contributed by atoms with van der Waals surface area (Å²) in [7, 11) is -2.90. The van der Waals surface area contributed by atoms with E-state index in [1.165, 1.54) is 111 Å². The van der Waals surface area contributed by atoms with E-state index in [4.69, 9.17) is 0 Å². The minimum absolute atomic E-state index is 0.0829. The topological polar surface area (TPSA) is 9.86 Å². The number of benzene rings is 9. The van der Waals surface area contributed by atoms with Crippen molar-refractivity contribution in [2.45, 2.75) is 51.4 Å². The van der Waals surface area contributed by atoms with Gasteiger partial charge in [0, 0.05) is 32.9 Å². The minimum Gasteiger partial charge on any atom is -0.309 e. The second-order valence-corrected chi connectivity index (χ2v) is 23.3. The number of hydrogen-bond donors (Lipinski definition) is 0. The molecule has 0 N–H and O–H groups in total. The highest BCUT2D eigenvalue weighted by molar-refractivity contribution is 7.20. The van der Waals surface area contributed by atoms with Crippen molar-refractivity contribution in [3.05, 3.63) is 230 Å². The fraction of sp³-hybridized carbons (Fsp3) is 0.129. The molecule has 3 heteroatoms. The summed E-state index contributed by atoms with van der Waals surface area (Å²) >= 11 is 0. The van der Waals surface area contributed by atoms with Gasteiger partial charge in [0.1, 0.15) is 0 Å². The lowest BCUT2D eigenvalue weighted by Gasteiger charge is -2.43. The summed E-state index contributed by atoms with van der Waals surface area (Å²) in [5.41, 5.74) is 12.8. The number of para-hydroxylation sites is 3. The first kappa shape index (κ1) is 39.4. The molecule has 65 heavy (non-hydrogen) atoms. The van der Waals surface area contributed by atoms with Gasteiger partial charge in [-0.05, 0) is 115 Å². The maximum Gasteiger partial charge on any atom is 0.179 e. The Labute approximate surface area is 383 Å². The highest BCUT2D eigenvalue weighted by Crippen LogP contribution is 2.46. The van der Waals surface area contributed by atoms with Crippen LogP contribution in [0, 0.1) is 0 Å². The molecule has 9 aromatic carbocycles. The van der Waals surface area contributed by atoms with Gasteiger partial charge in [0.25, 0.3) is 0 Å². The molecule has 0 bridgehead atoms. The van der Waals surface area contributed by atoms with Crippen molar-refractivity contribution in [3.63, 3.8) is 0 Å². The molecule has 12 rings (SSSR count). The van der Waals surface area contributed by atoms with Gasteiger partial charge in [-0.1, -0.05) is 198 Å². The molecular weight excluding hydrogens is 801 g/mol. The van der Waals surface area contributed by atoms with Gasteiger partial charge >= 0.3 is 0 Å². The first-order valence-electron chi connectivity index (χ1n) is 23.2. The lowest BCUT2D eigenvalue weighted by molar-refractivity contribution is 0.332. The SMILES string of the molecule is CC1(C)CCC(C)(C)c2cc([Si](c3ccccc3)(c3ccccc3)c3cccc(-n4c5ccccc5c5c(-c6ccc7c8ccccc8n(-c8ccccc8)c7c6)cccc54)c3)ccc21. The summed E-state index contributed by atoms with van der Waals surface area (Å²) in [6.07, 6.45) is 2.37. The summed E-state index contributed by atoms with van der Waals surface area (Å²) in [6, 6.07) is 82.5. The normalized spacial score (nSPS) is 14.6. The van der Waals surface area contributed by atoms with Gasteiger partial charge in [-0.2, -0.15) is 0 Å². The zero-order chi connectivity index (χ0) is 43.9. The third-order valence-electron chi connectivity index (χ3n) is 14.9. The minimum atomic E-state index is -2.90. The average Bonchev–Trinajstić information content (AvgIpc) is 3.87. The van der Waals surface area contributed by atoms with Crippen molar-refractivity contribution in [1.29, 1.82) is 0 Å². The van der Waals surface area contributed by atoms with Crippen molar-refractivity contribution in [2.75, 3.05) is 0 Å².